The van der Waals surface area contributed by atoms with E-state index in [0.717, 1.165) is 23.4 Å². The summed E-state index contributed by atoms with van der Waals surface area (Å²) in [6.45, 7) is 0. The summed E-state index contributed by atoms with van der Waals surface area (Å²) in [7, 11) is 0. The van der Waals surface area contributed by atoms with Crippen molar-refractivity contribution in [3.8, 4) is 11.3 Å². The van der Waals surface area contributed by atoms with E-state index in [1.165, 1.54) is 4.88 Å². The Kier molecular flexibility index (Phi) is 4.12. The van der Waals surface area contributed by atoms with Crippen molar-refractivity contribution < 1.29 is 4.79 Å². The van der Waals surface area contributed by atoms with Crippen molar-refractivity contribution in [1.29, 1.82) is 0 Å². The molecule has 21 heavy (non-hydrogen) atoms. The molecule has 1 aromatic carbocycles. The second-order valence-corrected chi connectivity index (χ2v) is 5.71. The molecule has 0 aliphatic carbocycles. The van der Waals surface area contributed by atoms with Gasteiger partial charge in [-0.25, -0.2) is 4.98 Å². The van der Waals surface area contributed by atoms with Crippen LogP contribution < -0.4 is 5.32 Å². The number of aromatic amines is 1. The number of carbonyl (C=O) groups is 1. The number of aromatic nitrogens is 2. The van der Waals surface area contributed by atoms with E-state index >= 15 is 0 Å². The van der Waals surface area contributed by atoms with Crippen molar-refractivity contribution in [1.82, 2.24) is 9.97 Å². The smallest absolute Gasteiger partial charge is 0.224 e. The number of nitrogens with zero attached hydrogens (tertiary/aromatic N) is 1. The van der Waals surface area contributed by atoms with Gasteiger partial charge in [-0.3, -0.25) is 4.79 Å². The average molecular weight is 297 g/mol. The van der Waals surface area contributed by atoms with Gasteiger partial charge >= 0.3 is 0 Å². The first-order chi connectivity index (χ1) is 10.3. The van der Waals surface area contributed by atoms with Crippen molar-refractivity contribution in [2.45, 2.75) is 12.8 Å². The van der Waals surface area contributed by atoms with E-state index in [9.17, 15) is 4.79 Å². The summed E-state index contributed by atoms with van der Waals surface area (Å²) < 4.78 is 0. The molecule has 2 aromatic heterocycles. The third kappa shape index (κ3) is 3.58. The Balaban J connectivity index is 1.62. The van der Waals surface area contributed by atoms with Crippen LogP contribution in [0.5, 0.6) is 0 Å². The predicted octanol–water partition coefficient (Wildman–Crippen LogP) is 3.71. The molecule has 0 unspecified atom stereocenters. The number of nitrogens with one attached hydrogen (secondary N) is 2. The molecule has 0 spiro atoms. The van der Waals surface area contributed by atoms with E-state index in [-0.39, 0.29) is 5.91 Å². The number of H-pyrrole nitrogens is 1. The van der Waals surface area contributed by atoms with Gasteiger partial charge in [-0.15, -0.1) is 11.3 Å². The monoisotopic (exact) mass is 297 g/mol. The minimum atomic E-state index is 0.0326. The molecule has 0 aliphatic heterocycles. The van der Waals surface area contributed by atoms with Crippen molar-refractivity contribution >= 4 is 22.9 Å². The summed E-state index contributed by atoms with van der Waals surface area (Å²) in [5.74, 6) is 0.0326. The second kappa shape index (κ2) is 6.37. The summed E-state index contributed by atoms with van der Waals surface area (Å²) in [6.07, 6.45) is 4.68. The number of benzene rings is 1. The maximum Gasteiger partial charge on any atom is 0.224 e. The molecular formula is C16H15N3OS. The van der Waals surface area contributed by atoms with E-state index in [4.69, 9.17) is 0 Å². The van der Waals surface area contributed by atoms with Crippen LogP contribution in [0.2, 0.25) is 0 Å². The van der Waals surface area contributed by atoms with Gasteiger partial charge in [-0.1, -0.05) is 18.2 Å². The first-order valence-corrected chi connectivity index (χ1v) is 7.60. The third-order valence-electron chi connectivity index (χ3n) is 3.13. The average Bonchev–Trinajstić information content (AvgIpc) is 3.19. The molecule has 0 saturated heterocycles. The van der Waals surface area contributed by atoms with Gasteiger partial charge in [0.05, 0.1) is 18.2 Å². The summed E-state index contributed by atoms with van der Waals surface area (Å²) in [6, 6.07) is 11.8. The molecule has 0 fully saturated rings. The van der Waals surface area contributed by atoms with E-state index < -0.39 is 0 Å². The van der Waals surface area contributed by atoms with Gasteiger partial charge in [0.25, 0.3) is 0 Å². The fourth-order valence-electron chi connectivity index (χ4n) is 2.09. The quantitative estimate of drug-likeness (QED) is 0.754. The Labute approximate surface area is 126 Å². The van der Waals surface area contributed by atoms with Crippen LogP contribution in [-0.4, -0.2) is 15.9 Å². The topological polar surface area (TPSA) is 57.8 Å². The number of amides is 1. The van der Waals surface area contributed by atoms with Gasteiger partial charge in [0.15, 0.2) is 0 Å². The minimum absolute atomic E-state index is 0.0326. The molecule has 0 bridgehead atoms. The van der Waals surface area contributed by atoms with E-state index in [1.807, 2.05) is 35.7 Å². The van der Waals surface area contributed by atoms with Gasteiger partial charge < -0.3 is 10.3 Å². The Morgan fingerprint density at radius 1 is 1.29 bits per heavy atom. The van der Waals surface area contributed by atoms with Crippen molar-refractivity contribution in [3.63, 3.8) is 0 Å². The molecule has 2 heterocycles. The van der Waals surface area contributed by atoms with Crippen molar-refractivity contribution in [2.75, 3.05) is 5.32 Å². The molecule has 4 nitrogen and oxygen atoms in total. The zero-order chi connectivity index (χ0) is 14.5. The minimum Gasteiger partial charge on any atom is -0.345 e. The first kappa shape index (κ1) is 13.6. The van der Waals surface area contributed by atoms with E-state index in [1.54, 1.807) is 23.9 Å². The number of hydrogen-bond acceptors (Lipinski definition) is 3. The van der Waals surface area contributed by atoms with Gasteiger partial charge in [0, 0.05) is 22.5 Å². The van der Waals surface area contributed by atoms with Crippen molar-refractivity contribution in [2.24, 2.45) is 0 Å². The molecule has 5 heteroatoms. The molecule has 3 rings (SSSR count). The molecule has 0 atom stereocenters. The van der Waals surface area contributed by atoms with Crippen LogP contribution in [0.15, 0.2) is 54.3 Å². The lowest BCUT2D eigenvalue weighted by Gasteiger charge is -2.06. The number of thiophene rings is 1. The van der Waals surface area contributed by atoms with Gasteiger partial charge in [-0.05, 0) is 30.0 Å². The van der Waals surface area contributed by atoms with Crippen LogP contribution in [0.25, 0.3) is 11.3 Å². The zero-order valence-electron chi connectivity index (χ0n) is 11.4. The van der Waals surface area contributed by atoms with Crippen LogP contribution in [-0.2, 0) is 11.2 Å². The second-order valence-electron chi connectivity index (χ2n) is 4.67. The molecule has 1 amide bonds. The molecule has 2 N–H and O–H groups in total. The highest BCUT2D eigenvalue weighted by Crippen LogP contribution is 2.20. The maximum atomic E-state index is 12.0. The van der Waals surface area contributed by atoms with Crippen LogP contribution >= 0.6 is 11.3 Å². The fraction of sp³-hybridized carbons (Fsp3) is 0.125. The Hall–Kier alpha value is -2.40. The normalized spacial score (nSPS) is 10.5. The highest BCUT2D eigenvalue weighted by Gasteiger charge is 2.05. The predicted molar refractivity (Wildman–Crippen MR) is 85.3 cm³/mol. The van der Waals surface area contributed by atoms with Crippen LogP contribution in [0.4, 0.5) is 5.69 Å². The molecule has 3 aromatic rings. The number of aryl methyl sites for hydroxylation is 1. The number of rotatable bonds is 5. The van der Waals surface area contributed by atoms with Crippen LogP contribution in [0.1, 0.15) is 11.3 Å². The maximum absolute atomic E-state index is 12.0. The van der Waals surface area contributed by atoms with Gasteiger partial charge in [-0.2, -0.15) is 0 Å². The molecular weight excluding hydrogens is 282 g/mol. The largest absolute Gasteiger partial charge is 0.345 e. The standard InChI is InChI=1S/C16H15N3OS/c20-16(7-6-14-5-2-8-21-14)19-13-4-1-3-12(9-13)15-10-17-11-18-15/h1-5,8-11H,6-7H2,(H,17,18)(H,19,20). The SMILES string of the molecule is O=C(CCc1cccs1)Nc1cccc(-c2cnc[nH]2)c1. The highest BCUT2D eigenvalue weighted by molar-refractivity contribution is 7.09. The number of hydrogen-bond donors (Lipinski definition) is 2. The van der Waals surface area contributed by atoms with Gasteiger partial charge in [0.1, 0.15) is 0 Å². The van der Waals surface area contributed by atoms with Crippen LogP contribution in [0, 0.1) is 0 Å². The summed E-state index contributed by atoms with van der Waals surface area (Å²) in [4.78, 5) is 20.3. The number of imidazole rings is 1. The van der Waals surface area contributed by atoms with E-state index in [0.29, 0.717) is 6.42 Å². The first-order valence-electron chi connectivity index (χ1n) is 6.72. The Bertz CT molecular complexity index is 705. The summed E-state index contributed by atoms with van der Waals surface area (Å²) in [5.41, 5.74) is 2.74. The van der Waals surface area contributed by atoms with Crippen molar-refractivity contribution in [3.05, 3.63) is 59.2 Å². The van der Waals surface area contributed by atoms with E-state index in [2.05, 4.69) is 21.4 Å². The molecule has 0 saturated carbocycles. The molecule has 106 valence electrons. The van der Waals surface area contributed by atoms with Crippen LogP contribution in [0.3, 0.4) is 0 Å². The molecule has 0 aliphatic rings. The lowest BCUT2D eigenvalue weighted by Crippen LogP contribution is -2.12. The summed E-state index contributed by atoms with van der Waals surface area (Å²) in [5, 5.41) is 4.97. The summed E-state index contributed by atoms with van der Waals surface area (Å²) >= 11 is 1.68. The Morgan fingerprint density at radius 3 is 3.00 bits per heavy atom. The zero-order valence-corrected chi connectivity index (χ0v) is 12.2. The molecule has 0 radical (unpaired) electrons. The number of carbonyl (C=O) groups excluding carboxylic acids is 1. The highest BCUT2D eigenvalue weighted by atomic mass is 32.1. The third-order valence-corrected chi connectivity index (χ3v) is 4.07. The van der Waals surface area contributed by atoms with Gasteiger partial charge in [0.2, 0.25) is 5.91 Å². The lowest BCUT2D eigenvalue weighted by atomic mass is 10.1. The fourth-order valence-corrected chi connectivity index (χ4v) is 2.80. The number of anilines is 1. The lowest BCUT2D eigenvalue weighted by molar-refractivity contribution is -0.116. The Morgan fingerprint density at radius 2 is 2.24 bits per heavy atom.